The molecule has 0 aliphatic heterocycles. The molecular formula is C9H5FN2O2. The number of halogens is 1. The zero-order valence-electron chi connectivity index (χ0n) is 6.94. The van der Waals surface area contributed by atoms with Gasteiger partial charge in [0.05, 0.1) is 17.2 Å². The highest BCUT2D eigenvalue weighted by Gasteiger charge is 2.06. The minimum absolute atomic E-state index is 0.149. The van der Waals surface area contributed by atoms with E-state index < -0.39 is 11.8 Å². The fraction of sp³-hybridized carbons (Fsp3) is 0. The summed E-state index contributed by atoms with van der Waals surface area (Å²) in [5.74, 6) is -1.57. The van der Waals surface area contributed by atoms with E-state index in [0.29, 0.717) is 11.0 Å². The standard InChI is InChI=1S/C9H5FN2O2/c10-5-1-2-6-7(3-5)11-4-8(12-6)9(13)14/h1-4H,(H,13,14). The number of nitrogens with zero attached hydrogens (tertiary/aromatic N) is 2. The molecule has 0 unspecified atom stereocenters. The van der Waals surface area contributed by atoms with E-state index in [4.69, 9.17) is 5.11 Å². The molecule has 0 aliphatic carbocycles. The maximum absolute atomic E-state index is 12.7. The lowest BCUT2D eigenvalue weighted by Crippen LogP contribution is -2.01. The van der Waals surface area contributed by atoms with Crippen molar-refractivity contribution in [3.63, 3.8) is 0 Å². The van der Waals surface area contributed by atoms with Gasteiger partial charge in [0.2, 0.25) is 0 Å². The van der Waals surface area contributed by atoms with Crippen LogP contribution in [0.3, 0.4) is 0 Å². The lowest BCUT2D eigenvalue weighted by atomic mass is 10.3. The zero-order chi connectivity index (χ0) is 10.1. The molecule has 0 bridgehead atoms. The number of carbonyl (C=O) groups is 1. The zero-order valence-corrected chi connectivity index (χ0v) is 6.94. The van der Waals surface area contributed by atoms with Crippen molar-refractivity contribution in [2.45, 2.75) is 0 Å². The van der Waals surface area contributed by atoms with Crippen LogP contribution in [0.2, 0.25) is 0 Å². The number of hydrogen-bond acceptors (Lipinski definition) is 3. The van der Waals surface area contributed by atoms with E-state index in [1.54, 1.807) is 0 Å². The highest BCUT2D eigenvalue weighted by Crippen LogP contribution is 2.10. The lowest BCUT2D eigenvalue weighted by Gasteiger charge is -1.97. The third kappa shape index (κ3) is 1.39. The predicted molar refractivity (Wildman–Crippen MR) is 46.5 cm³/mol. The van der Waals surface area contributed by atoms with E-state index >= 15 is 0 Å². The predicted octanol–water partition coefficient (Wildman–Crippen LogP) is 1.47. The molecule has 70 valence electrons. The van der Waals surface area contributed by atoms with Gasteiger partial charge in [0.15, 0.2) is 5.69 Å². The molecule has 0 saturated heterocycles. The summed E-state index contributed by atoms with van der Waals surface area (Å²) in [5, 5.41) is 8.62. The van der Waals surface area contributed by atoms with Gasteiger partial charge in [0.25, 0.3) is 0 Å². The van der Waals surface area contributed by atoms with Crippen molar-refractivity contribution in [3.8, 4) is 0 Å². The van der Waals surface area contributed by atoms with Crippen LogP contribution in [-0.2, 0) is 0 Å². The largest absolute Gasteiger partial charge is 0.476 e. The van der Waals surface area contributed by atoms with E-state index in [-0.39, 0.29) is 5.69 Å². The van der Waals surface area contributed by atoms with E-state index in [0.717, 1.165) is 6.20 Å². The Labute approximate surface area is 78.0 Å². The minimum Gasteiger partial charge on any atom is -0.476 e. The molecule has 0 atom stereocenters. The number of hydrogen-bond donors (Lipinski definition) is 1. The second-order valence-corrected chi connectivity index (χ2v) is 2.69. The molecular weight excluding hydrogens is 187 g/mol. The van der Waals surface area contributed by atoms with Crippen LogP contribution in [0.4, 0.5) is 4.39 Å². The monoisotopic (exact) mass is 192 g/mol. The van der Waals surface area contributed by atoms with Crippen molar-refractivity contribution in [1.82, 2.24) is 9.97 Å². The molecule has 1 aromatic heterocycles. The lowest BCUT2D eigenvalue weighted by molar-refractivity contribution is 0.0690. The number of carboxylic acids is 1. The topological polar surface area (TPSA) is 63.1 Å². The van der Waals surface area contributed by atoms with Crippen LogP contribution in [-0.4, -0.2) is 21.0 Å². The second-order valence-electron chi connectivity index (χ2n) is 2.69. The molecule has 2 aromatic rings. The van der Waals surface area contributed by atoms with Gasteiger partial charge in [-0.15, -0.1) is 0 Å². The molecule has 0 spiro atoms. The first-order valence-corrected chi connectivity index (χ1v) is 3.82. The van der Waals surface area contributed by atoms with Crippen molar-refractivity contribution in [2.75, 3.05) is 0 Å². The molecule has 4 nitrogen and oxygen atoms in total. The maximum Gasteiger partial charge on any atom is 0.356 e. The van der Waals surface area contributed by atoms with Gasteiger partial charge in [-0.3, -0.25) is 4.98 Å². The summed E-state index contributed by atoms with van der Waals surface area (Å²) in [6.45, 7) is 0. The molecule has 0 amide bonds. The van der Waals surface area contributed by atoms with E-state index in [1.165, 1.54) is 18.2 Å². The average Bonchev–Trinajstić information content (AvgIpc) is 2.16. The molecule has 0 fully saturated rings. The minimum atomic E-state index is -1.15. The highest BCUT2D eigenvalue weighted by atomic mass is 19.1. The number of aromatic carboxylic acids is 1. The molecule has 0 radical (unpaired) electrons. The van der Waals surface area contributed by atoms with Crippen molar-refractivity contribution in [2.24, 2.45) is 0 Å². The van der Waals surface area contributed by atoms with Gasteiger partial charge in [-0.25, -0.2) is 14.2 Å². The van der Waals surface area contributed by atoms with Gasteiger partial charge in [0.1, 0.15) is 5.82 Å². The number of carboxylic acid groups (broad SMARTS) is 1. The normalized spacial score (nSPS) is 10.4. The first kappa shape index (κ1) is 8.55. The number of rotatable bonds is 1. The Morgan fingerprint density at radius 2 is 2.14 bits per heavy atom. The van der Waals surface area contributed by atoms with Crippen LogP contribution >= 0.6 is 0 Å². The Balaban J connectivity index is 2.67. The summed E-state index contributed by atoms with van der Waals surface area (Å²) in [6, 6.07) is 3.81. The second kappa shape index (κ2) is 3.02. The molecule has 5 heteroatoms. The number of benzene rings is 1. The molecule has 1 aromatic carbocycles. The fourth-order valence-electron chi connectivity index (χ4n) is 1.09. The summed E-state index contributed by atoms with van der Waals surface area (Å²) in [5.41, 5.74) is 0.561. The summed E-state index contributed by atoms with van der Waals surface area (Å²) >= 11 is 0. The van der Waals surface area contributed by atoms with Crippen LogP contribution in [0.1, 0.15) is 10.5 Å². The van der Waals surface area contributed by atoms with E-state index in [9.17, 15) is 9.18 Å². The molecule has 0 saturated carbocycles. The number of aromatic nitrogens is 2. The van der Waals surface area contributed by atoms with Crippen molar-refractivity contribution in [3.05, 3.63) is 35.9 Å². The smallest absolute Gasteiger partial charge is 0.356 e. The maximum atomic E-state index is 12.7. The highest BCUT2D eigenvalue weighted by molar-refractivity contribution is 5.87. The van der Waals surface area contributed by atoms with Crippen molar-refractivity contribution >= 4 is 17.0 Å². The molecule has 1 N–H and O–H groups in total. The Morgan fingerprint density at radius 1 is 1.36 bits per heavy atom. The third-order valence-corrected chi connectivity index (χ3v) is 1.72. The van der Waals surface area contributed by atoms with Crippen LogP contribution < -0.4 is 0 Å². The van der Waals surface area contributed by atoms with Crippen LogP contribution in [0.5, 0.6) is 0 Å². The molecule has 14 heavy (non-hydrogen) atoms. The molecule has 2 rings (SSSR count). The fourth-order valence-corrected chi connectivity index (χ4v) is 1.09. The van der Waals surface area contributed by atoms with Crippen molar-refractivity contribution in [1.29, 1.82) is 0 Å². The Kier molecular flexibility index (Phi) is 1.85. The van der Waals surface area contributed by atoms with Gasteiger partial charge in [0, 0.05) is 6.07 Å². The molecule has 1 heterocycles. The number of fused-ring (bicyclic) bond motifs is 1. The van der Waals surface area contributed by atoms with Gasteiger partial charge in [-0.1, -0.05) is 0 Å². The Bertz CT molecular complexity index is 513. The van der Waals surface area contributed by atoms with Gasteiger partial charge < -0.3 is 5.11 Å². The van der Waals surface area contributed by atoms with E-state index in [1.807, 2.05) is 0 Å². The summed E-state index contributed by atoms with van der Waals surface area (Å²) in [7, 11) is 0. The van der Waals surface area contributed by atoms with E-state index in [2.05, 4.69) is 9.97 Å². The average molecular weight is 192 g/mol. The van der Waals surface area contributed by atoms with Crippen LogP contribution in [0.15, 0.2) is 24.4 Å². The first-order chi connectivity index (χ1) is 6.66. The molecule has 0 aliphatic rings. The van der Waals surface area contributed by atoms with Gasteiger partial charge >= 0.3 is 5.97 Å². The third-order valence-electron chi connectivity index (χ3n) is 1.72. The Morgan fingerprint density at radius 3 is 2.86 bits per heavy atom. The summed E-state index contributed by atoms with van der Waals surface area (Å²) in [6.07, 6.45) is 1.10. The first-order valence-electron chi connectivity index (χ1n) is 3.82. The Hall–Kier alpha value is -2.04. The summed E-state index contributed by atoms with van der Waals surface area (Å²) < 4.78 is 12.7. The summed E-state index contributed by atoms with van der Waals surface area (Å²) in [4.78, 5) is 18.1. The van der Waals surface area contributed by atoms with Crippen LogP contribution in [0, 0.1) is 5.82 Å². The van der Waals surface area contributed by atoms with Crippen molar-refractivity contribution < 1.29 is 14.3 Å². The van der Waals surface area contributed by atoms with Gasteiger partial charge in [-0.2, -0.15) is 0 Å². The van der Waals surface area contributed by atoms with Gasteiger partial charge in [-0.05, 0) is 12.1 Å². The quantitative estimate of drug-likeness (QED) is 0.743. The SMILES string of the molecule is O=C(O)c1cnc2cc(F)ccc2n1. The van der Waals surface area contributed by atoms with Crippen LogP contribution in [0.25, 0.3) is 11.0 Å².